The molecule has 0 aliphatic rings. The van der Waals surface area contributed by atoms with Gasteiger partial charge in [0.25, 0.3) is 11.7 Å². The third kappa shape index (κ3) is 4.04. The highest BCUT2D eigenvalue weighted by atomic mass is 32.2. The predicted molar refractivity (Wildman–Crippen MR) is 82.1 cm³/mol. The summed E-state index contributed by atoms with van der Waals surface area (Å²) < 4.78 is 25.1. The normalized spacial score (nSPS) is 10.7. The van der Waals surface area contributed by atoms with Crippen LogP contribution < -0.4 is 5.32 Å². The molecule has 0 unspecified atom stereocenters. The molecule has 0 saturated heterocycles. The van der Waals surface area contributed by atoms with Gasteiger partial charge in [0.15, 0.2) is 0 Å². The van der Waals surface area contributed by atoms with E-state index in [9.17, 15) is 13.6 Å². The Morgan fingerprint density at radius 2 is 1.81 bits per heavy atom. The Kier molecular flexibility index (Phi) is 5.33. The van der Waals surface area contributed by atoms with Crippen LogP contribution in [0.1, 0.15) is 22.8 Å². The van der Waals surface area contributed by atoms with Gasteiger partial charge < -0.3 is 5.32 Å². The van der Waals surface area contributed by atoms with E-state index in [-0.39, 0.29) is 16.4 Å². The van der Waals surface area contributed by atoms with Gasteiger partial charge in [0, 0.05) is 10.6 Å². The fraction of sp³-hybridized carbons (Fsp3) is 0.188. The average Bonchev–Trinajstić information content (AvgIpc) is 2.47. The molecule has 0 aromatic heterocycles. The van der Waals surface area contributed by atoms with Crippen molar-refractivity contribution in [2.45, 2.75) is 24.0 Å². The molecule has 1 N–H and O–H groups in total. The Morgan fingerprint density at radius 1 is 1.14 bits per heavy atom. The summed E-state index contributed by atoms with van der Waals surface area (Å²) in [4.78, 5) is 12.6. The number of anilines is 1. The summed E-state index contributed by atoms with van der Waals surface area (Å²) in [5.74, 6) is -2.93. The van der Waals surface area contributed by atoms with Crippen molar-refractivity contribution in [2.75, 3.05) is 5.32 Å². The monoisotopic (exact) mass is 307 g/mol. The summed E-state index contributed by atoms with van der Waals surface area (Å²) >= 11 is 0.380. The predicted octanol–water partition coefficient (Wildman–Crippen LogP) is 4.82. The van der Waals surface area contributed by atoms with Crippen molar-refractivity contribution >= 4 is 23.4 Å². The van der Waals surface area contributed by atoms with E-state index in [1.807, 2.05) is 25.1 Å². The molecule has 5 heteroatoms. The zero-order chi connectivity index (χ0) is 15.2. The van der Waals surface area contributed by atoms with E-state index >= 15 is 0 Å². The molecular weight excluding hydrogens is 292 g/mol. The molecule has 110 valence electrons. The molecule has 0 bridgehead atoms. The molecule has 0 aliphatic carbocycles. The summed E-state index contributed by atoms with van der Waals surface area (Å²) in [5, 5.41) is 2.79. The zero-order valence-corrected chi connectivity index (χ0v) is 12.3. The maximum Gasteiger partial charge on any atom is 0.288 e. The molecule has 0 heterocycles. The quantitative estimate of drug-likeness (QED) is 0.803. The van der Waals surface area contributed by atoms with Crippen molar-refractivity contribution in [3.63, 3.8) is 0 Å². The van der Waals surface area contributed by atoms with Crippen LogP contribution in [0.3, 0.4) is 0 Å². The maximum atomic E-state index is 12.5. The molecule has 2 rings (SSSR count). The minimum absolute atomic E-state index is 0.258. The van der Waals surface area contributed by atoms with Crippen LogP contribution in [0.25, 0.3) is 0 Å². The number of halogens is 2. The Morgan fingerprint density at radius 3 is 2.52 bits per heavy atom. The van der Waals surface area contributed by atoms with Gasteiger partial charge in [0.2, 0.25) is 0 Å². The highest BCUT2D eigenvalue weighted by Gasteiger charge is 2.15. The zero-order valence-electron chi connectivity index (χ0n) is 11.5. The number of para-hydroxylation sites is 1. The summed E-state index contributed by atoms with van der Waals surface area (Å²) in [7, 11) is 0. The lowest BCUT2D eigenvalue weighted by atomic mass is 10.1. The number of thioether (sulfide) groups is 1. The lowest BCUT2D eigenvalue weighted by molar-refractivity contribution is 0.102. The first-order chi connectivity index (χ1) is 10.1. The van der Waals surface area contributed by atoms with E-state index in [1.165, 1.54) is 6.07 Å². The van der Waals surface area contributed by atoms with Crippen LogP contribution in [0.5, 0.6) is 0 Å². The minimum Gasteiger partial charge on any atom is -0.322 e. The number of benzene rings is 2. The number of hydrogen-bond acceptors (Lipinski definition) is 2. The smallest absolute Gasteiger partial charge is 0.288 e. The van der Waals surface area contributed by atoms with Crippen molar-refractivity contribution < 1.29 is 13.6 Å². The van der Waals surface area contributed by atoms with Crippen molar-refractivity contribution in [2.24, 2.45) is 0 Å². The summed E-state index contributed by atoms with van der Waals surface area (Å²) in [6.07, 6.45) is 0.782. The Balaban J connectivity index is 2.24. The van der Waals surface area contributed by atoms with Crippen molar-refractivity contribution in [3.05, 3.63) is 59.7 Å². The van der Waals surface area contributed by atoms with E-state index in [0.29, 0.717) is 17.4 Å². The van der Waals surface area contributed by atoms with Crippen LogP contribution in [-0.4, -0.2) is 11.7 Å². The van der Waals surface area contributed by atoms with Crippen LogP contribution in [0, 0.1) is 0 Å². The molecular formula is C16H15F2NOS. The summed E-state index contributed by atoms with van der Waals surface area (Å²) in [6.45, 7) is 1.99. The minimum atomic E-state index is -2.55. The average molecular weight is 307 g/mol. The fourth-order valence-electron chi connectivity index (χ4n) is 1.99. The van der Waals surface area contributed by atoms with Gasteiger partial charge in [-0.15, -0.1) is 0 Å². The first-order valence-corrected chi connectivity index (χ1v) is 7.43. The van der Waals surface area contributed by atoms with Gasteiger partial charge >= 0.3 is 0 Å². The lowest BCUT2D eigenvalue weighted by Gasteiger charge is -2.12. The van der Waals surface area contributed by atoms with E-state index in [4.69, 9.17) is 0 Å². The number of alkyl halides is 2. The van der Waals surface area contributed by atoms with Gasteiger partial charge in [-0.05, 0) is 30.2 Å². The Hall–Kier alpha value is -1.88. The molecule has 2 aromatic carbocycles. The number of rotatable bonds is 5. The summed E-state index contributed by atoms with van der Waals surface area (Å²) in [5.41, 5.74) is 1.97. The first-order valence-electron chi connectivity index (χ1n) is 6.55. The molecule has 2 nitrogen and oxygen atoms in total. The van der Waals surface area contributed by atoms with Crippen molar-refractivity contribution in [1.29, 1.82) is 0 Å². The second kappa shape index (κ2) is 7.22. The topological polar surface area (TPSA) is 29.1 Å². The van der Waals surface area contributed by atoms with Crippen LogP contribution in [0.15, 0.2) is 53.4 Å². The van der Waals surface area contributed by atoms with Gasteiger partial charge in [-0.3, -0.25) is 4.79 Å². The number of carbonyl (C=O) groups excluding carboxylic acids is 1. The molecule has 1 amide bonds. The van der Waals surface area contributed by atoms with E-state index < -0.39 is 5.76 Å². The van der Waals surface area contributed by atoms with Crippen LogP contribution in [0.4, 0.5) is 14.5 Å². The Bertz CT molecular complexity index is 631. The second-order valence-electron chi connectivity index (χ2n) is 4.34. The van der Waals surface area contributed by atoms with Crippen LogP contribution in [-0.2, 0) is 6.42 Å². The van der Waals surface area contributed by atoms with Crippen molar-refractivity contribution in [3.8, 4) is 0 Å². The molecule has 0 fully saturated rings. The molecule has 0 radical (unpaired) electrons. The highest BCUT2D eigenvalue weighted by Crippen LogP contribution is 2.29. The van der Waals surface area contributed by atoms with E-state index in [0.717, 1.165) is 12.0 Å². The molecule has 0 spiro atoms. The third-order valence-electron chi connectivity index (χ3n) is 2.99. The number of carbonyl (C=O) groups is 1. The third-order valence-corrected chi connectivity index (χ3v) is 3.78. The van der Waals surface area contributed by atoms with Gasteiger partial charge in [-0.2, -0.15) is 8.78 Å². The standard InChI is InChI=1S/C16H15F2NOS/c1-2-11-7-3-5-9-13(11)19-15(20)12-8-4-6-10-14(12)21-16(17)18/h3-10,16H,2H2,1H3,(H,19,20). The van der Waals surface area contributed by atoms with Crippen LogP contribution >= 0.6 is 11.8 Å². The van der Waals surface area contributed by atoms with Gasteiger partial charge in [0.1, 0.15) is 0 Å². The first kappa shape index (κ1) is 15.5. The maximum absolute atomic E-state index is 12.5. The Labute approximate surface area is 126 Å². The SMILES string of the molecule is CCc1ccccc1NC(=O)c1ccccc1SC(F)F. The van der Waals surface area contributed by atoms with Gasteiger partial charge in [0.05, 0.1) is 5.56 Å². The number of hydrogen-bond donors (Lipinski definition) is 1. The fourth-order valence-corrected chi connectivity index (χ4v) is 2.63. The number of amides is 1. The molecule has 0 atom stereocenters. The molecule has 21 heavy (non-hydrogen) atoms. The largest absolute Gasteiger partial charge is 0.322 e. The number of nitrogens with one attached hydrogen (secondary N) is 1. The lowest BCUT2D eigenvalue weighted by Crippen LogP contribution is -2.14. The van der Waals surface area contributed by atoms with Crippen molar-refractivity contribution in [1.82, 2.24) is 0 Å². The second-order valence-corrected chi connectivity index (χ2v) is 5.37. The summed E-state index contributed by atoms with van der Waals surface area (Å²) in [6, 6.07) is 13.8. The van der Waals surface area contributed by atoms with Gasteiger partial charge in [-0.1, -0.05) is 49.0 Å². The number of aryl methyl sites for hydroxylation is 1. The van der Waals surface area contributed by atoms with E-state index in [1.54, 1.807) is 24.3 Å². The molecule has 0 aliphatic heterocycles. The highest BCUT2D eigenvalue weighted by molar-refractivity contribution is 7.99. The van der Waals surface area contributed by atoms with E-state index in [2.05, 4.69) is 5.32 Å². The molecule has 0 saturated carbocycles. The molecule has 2 aromatic rings. The van der Waals surface area contributed by atoms with Gasteiger partial charge in [-0.25, -0.2) is 0 Å². The van der Waals surface area contributed by atoms with Crippen LogP contribution in [0.2, 0.25) is 0 Å².